The van der Waals surface area contributed by atoms with Crippen molar-refractivity contribution >= 4 is 30.0 Å². The topological polar surface area (TPSA) is 38.3 Å². The van der Waals surface area contributed by atoms with E-state index in [9.17, 15) is 4.79 Å². The molecule has 1 N–H and O–H groups in total. The van der Waals surface area contributed by atoms with Gasteiger partial charge in [0.15, 0.2) is 5.78 Å². The summed E-state index contributed by atoms with van der Waals surface area (Å²) < 4.78 is 5.25. The van der Waals surface area contributed by atoms with Crippen LogP contribution in [-0.4, -0.2) is 36.0 Å². The Morgan fingerprint density at radius 3 is 2.89 bits per heavy atom. The lowest BCUT2D eigenvalue weighted by Gasteiger charge is -2.27. The largest absolute Gasteiger partial charge is 0.500 e. The molecule has 0 aromatic heterocycles. The summed E-state index contributed by atoms with van der Waals surface area (Å²) in [7, 11) is 0. The molecule has 0 aromatic rings. The van der Waals surface area contributed by atoms with Gasteiger partial charge in [-0.1, -0.05) is 12.2 Å². The van der Waals surface area contributed by atoms with Crippen molar-refractivity contribution in [1.29, 1.82) is 0 Å². The molecule has 2 heterocycles. The molecule has 2 atom stereocenters. The van der Waals surface area contributed by atoms with Crippen LogP contribution in [0.1, 0.15) is 12.8 Å². The molecule has 0 saturated carbocycles. The summed E-state index contributed by atoms with van der Waals surface area (Å²) in [6.07, 6.45) is 8.19. The van der Waals surface area contributed by atoms with Crippen LogP contribution in [0.15, 0.2) is 24.0 Å². The number of nitrogens with one attached hydrogen (secondary N) is 1. The maximum Gasteiger partial charge on any atom is 0.160 e. The zero-order valence-electron chi connectivity index (χ0n) is 10.1. The minimum atomic E-state index is -0.000726. The Morgan fingerprint density at radius 1 is 1.33 bits per heavy atom. The molecule has 0 amide bonds. The van der Waals surface area contributed by atoms with Gasteiger partial charge >= 0.3 is 0 Å². The summed E-state index contributed by atoms with van der Waals surface area (Å²) in [5, 5.41) is 4.03. The van der Waals surface area contributed by atoms with Crippen molar-refractivity contribution in [3.8, 4) is 0 Å². The summed E-state index contributed by atoms with van der Waals surface area (Å²) in [6, 6.07) is 0. The summed E-state index contributed by atoms with van der Waals surface area (Å²) in [5.74, 6) is 0.332. The highest BCUT2D eigenvalue weighted by Gasteiger charge is 2.35. The standard InChI is InChI=1S/C13H17NO2S.ClH/c15-13-11-8-16-7-9(11)1-2-12(13)17-10-3-5-14-6-4-10;/h1-2,7,10-12,14H,3-6,8H2;1H. The highest BCUT2D eigenvalue weighted by atomic mass is 35.5. The summed E-state index contributed by atoms with van der Waals surface area (Å²) >= 11 is 1.84. The molecule has 1 fully saturated rings. The SMILES string of the molecule is Cl.O=C1C(SC2CCNCC2)C=CC2=COCC12. The number of ketones is 1. The van der Waals surface area contributed by atoms with E-state index >= 15 is 0 Å². The lowest BCUT2D eigenvalue weighted by Crippen LogP contribution is -2.34. The minimum Gasteiger partial charge on any atom is -0.500 e. The lowest BCUT2D eigenvalue weighted by molar-refractivity contribution is -0.121. The molecule has 1 saturated heterocycles. The van der Waals surface area contributed by atoms with Crippen LogP contribution in [0.4, 0.5) is 0 Å². The first-order chi connectivity index (χ1) is 8.34. The van der Waals surface area contributed by atoms with Crippen LogP contribution < -0.4 is 5.32 Å². The molecule has 3 rings (SSSR count). The summed E-state index contributed by atoms with van der Waals surface area (Å²) in [6.45, 7) is 2.71. The van der Waals surface area contributed by atoms with Gasteiger partial charge in [-0.25, -0.2) is 0 Å². The first kappa shape index (κ1) is 14.0. The van der Waals surface area contributed by atoms with Gasteiger partial charge in [0.2, 0.25) is 0 Å². The van der Waals surface area contributed by atoms with E-state index in [0.717, 1.165) is 18.7 Å². The second kappa shape index (κ2) is 6.13. The average Bonchev–Trinajstić information content (AvgIpc) is 2.83. The molecule has 1 aliphatic carbocycles. The molecule has 2 unspecified atom stereocenters. The molecular formula is C13H18ClNO2S. The van der Waals surface area contributed by atoms with E-state index in [1.807, 2.05) is 17.8 Å². The maximum absolute atomic E-state index is 12.3. The van der Waals surface area contributed by atoms with Gasteiger partial charge in [0.05, 0.1) is 17.4 Å². The van der Waals surface area contributed by atoms with Crippen LogP contribution >= 0.6 is 24.2 Å². The third-order valence-corrected chi connectivity index (χ3v) is 5.14. The van der Waals surface area contributed by atoms with Crippen LogP contribution in [0.25, 0.3) is 0 Å². The van der Waals surface area contributed by atoms with Gasteiger partial charge in [0.1, 0.15) is 6.61 Å². The number of rotatable bonds is 2. The molecule has 0 spiro atoms. The molecule has 100 valence electrons. The van der Waals surface area contributed by atoms with Crippen molar-refractivity contribution in [2.24, 2.45) is 5.92 Å². The van der Waals surface area contributed by atoms with Crippen LogP contribution in [0.5, 0.6) is 0 Å². The van der Waals surface area contributed by atoms with Gasteiger partial charge in [0, 0.05) is 10.8 Å². The van der Waals surface area contributed by atoms with E-state index in [1.165, 1.54) is 12.8 Å². The van der Waals surface area contributed by atoms with Crippen LogP contribution in [0.2, 0.25) is 0 Å². The molecule has 3 nitrogen and oxygen atoms in total. The zero-order valence-corrected chi connectivity index (χ0v) is 11.8. The van der Waals surface area contributed by atoms with Gasteiger partial charge in [-0.2, -0.15) is 0 Å². The molecule has 3 aliphatic rings. The Hall–Kier alpha value is -0.450. The molecule has 2 aliphatic heterocycles. The van der Waals surface area contributed by atoms with Crippen molar-refractivity contribution in [3.05, 3.63) is 24.0 Å². The van der Waals surface area contributed by atoms with Crippen LogP contribution in [0, 0.1) is 5.92 Å². The van der Waals surface area contributed by atoms with Crippen molar-refractivity contribution < 1.29 is 9.53 Å². The molecule has 5 heteroatoms. The van der Waals surface area contributed by atoms with Gasteiger partial charge < -0.3 is 10.1 Å². The van der Waals surface area contributed by atoms with Crippen molar-refractivity contribution in [2.45, 2.75) is 23.3 Å². The number of allylic oxidation sites excluding steroid dienone is 1. The molecule has 0 aromatic carbocycles. The van der Waals surface area contributed by atoms with E-state index in [0.29, 0.717) is 17.6 Å². The molecule has 0 bridgehead atoms. The third kappa shape index (κ3) is 2.76. The highest BCUT2D eigenvalue weighted by Crippen LogP contribution is 2.35. The smallest absolute Gasteiger partial charge is 0.160 e. The second-order valence-electron chi connectivity index (χ2n) is 4.77. The minimum absolute atomic E-state index is 0. The van der Waals surface area contributed by atoms with E-state index < -0.39 is 0 Å². The highest BCUT2D eigenvalue weighted by molar-refractivity contribution is 8.01. The van der Waals surface area contributed by atoms with Crippen molar-refractivity contribution in [2.75, 3.05) is 19.7 Å². The van der Waals surface area contributed by atoms with Gasteiger partial charge in [0.25, 0.3) is 0 Å². The van der Waals surface area contributed by atoms with Crippen molar-refractivity contribution in [1.82, 2.24) is 5.32 Å². The number of fused-ring (bicyclic) bond motifs is 1. The first-order valence-corrected chi connectivity index (χ1v) is 7.18. The van der Waals surface area contributed by atoms with E-state index in [2.05, 4.69) is 11.4 Å². The summed E-state index contributed by atoms with van der Waals surface area (Å²) in [4.78, 5) is 12.3. The number of halogens is 1. The maximum atomic E-state index is 12.3. The van der Waals surface area contributed by atoms with E-state index in [4.69, 9.17) is 4.74 Å². The monoisotopic (exact) mass is 287 g/mol. The predicted molar refractivity (Wildman–Crippen MR) is 76.2 cm³/mol. The number of hydrogen-bond donors (Lipinski definition) is 1. The fourth-order valence-corrected chi connectivity index (χ4v) is 3.95. The number of Topliss-reactive ketones (excluding diaryl/α,β-unsaturated/α-hetero) is 1. The second-order valence-corrected chi connectivity index (χ2v) is 6.22. The van der Waals surface area contributed by atoms with E-state index in [-0.39, 0.29) is 23.6 Å². The van der Waals surface area contributed by atoms with E-state index in [1.54, 1.807) is 6.26 Å². The Labute approximate surface area is 118 Å². The number of ether oxygens (including phenoxy) is 1. The molecule has 18 heavy (non-hydrogen) atoms. The Morgan fingerprint density at radius 2 is 2.11 bits per heavy atom. The lowest BCUT2D eigenvalue weighted by atomic mass is 9.90. The molecule has 0 radical (unpaired) electrons. The number of carbonyl (C=O) groups is 1. The number of thioether (sulfide) groups is 1. The van der Waals surface area contributed by atoms with Crippen molar-refractivity contribution in [3.63, 3.8) is 0 Å². The number of hydrogen-bond acceptors (Lipinski definition) is 4. The number of carbonyl (C=O) groups excluding carboxylic acids is 1. The first-order valence-electron chi connectivity index (χ1n) is 6.24. The van der Waals surface area contributed by atoms with Gasteiger partial charge in [-0.15, -0.1) is 24.2 Å². The quantitative estimate of drug-likeness (QED) is 0.842. The Balaban J connectivity index is 0.00000120. The normalized spacial score (nSPS) is 31.3. The van der Waals surface area contributed by atoms with Gasteiger partial charge in [-0.3, -0.25) is 4.79 Å². The van der Waals surface area contributed by atoms with Crippen LogP contribution in [0.3, 0.4) is 0 Å². The Bertz CT molecular complexity index is 377. The molecular weight excluding hydrogens is 270 g/mol. The average molecular weight is 288 g/mol. The number of piperidine rings is 1. The summed E-state index contributed by atoms with van der Waals surface area (Å²) in [5.41, 5.74) is 1.05. The fourth-order valence-electron chi connectivity index (χ4n) is 2.56. The van der Waals surface area contributed by atoms with Gasteiger partial charge in [-0.05, 0) is 25.9 Å². The third-order valence-electron chi connectivity index (χ3n) is 3.60. The van der Waals surface area contributed by atoms with Crippen LogP contribution in [-0.2, 0) is 9.53 Å². The predicted octanol–water partition coefficient (Wildman–Crippen LogP) is 1.93. The zero-order chi connectivity index (χ0) is 11.7. The fraction of sp³-hybridized carbons (Fsp3) is 0.615. The Kier molecular flexibility index (Phi) is 4.76.